The molecule has 1 aliphatic rings. The summed E-state index contributed by atoms with van der Waals surface area (Å²) in [7, 11) is 0. The summed E-state index contributed by atoms with van der Waals surface area (Å²) in [6.07, 6.45) is 1.65. The van der Waals surface area contributed by atoms with Crippen LogP contribution in [0.3, 0.4) is 0 Å². The standard InChI is InChI=1S/C32H29N5O3S/c38-29(16-13-21-7-2-1-3-8-21)34-26-14-15-28(36-30(26)31(39)40)37-18-17-22-9-6-10-23(24(22)20-37)19-33-32-35-25-11-4-5-12-27(25)41-32/h1-12,14-15H,13,16-20H2,(H,33,35)(H,34,38)(H,39,40). The number of thiazole rings is 1. The van der Waals surface area contributed by atoms with E-state index in [2.05, 4.69) is 49.8 Å². The van der Waals surface area contributed by atoms with Gasteiger partial charge in [-0.2, -0.15) is 0 Å². The van der Waals surface area contributed by atoms with Crippen molar-refractivity contribution in [1.82, 2.24) is 9.97 Å². The van der Waals surface area contributed by atoms with Crippen molar-refractivity contribution in [1.29, 1.82) is 0 Å². The van der Waals surface area contributed by atoms with Crippen LogP contribution in [0.25, 0.3) is 10.2 Å². The van der Waals surface area contributed by atoms with Crippen molar-refractivity contribution in [2.24, 2.45) is 0 Å². The number of anilines is 3. The van der Waals surface area contributed by atoms with Crippen molar-refractivity contribution in [3.05, 3.63) is 113 Å². The average Bonchev–Trinajstić information content (AvgIpc) is 3.42. The van der Waals surface area contributed by atoms with Gasteiger partial charge in [0, 0.05) is 26.1 Å². The second-order valence-corrected chi connectivity index (χ2v) is 11.0. The van der Waals surface area contributed by atoms with Crippen LogP contribution >= 0.6 is 11.3 Å². The van der Waals surface area contributed by atoms with Crippen LogP contribution in [0.4, 0.5) is 16.6 Å². The highest BCUT2D eigenvalue weighted by molar-refractivity contribution is 7.22. The van der Waals surface area contributed by atoms with Gasteiger partial charge in [-0.3, -0.25) is 4.79 Å². The summed E-state index contributed by atoms with van der Waals surface area (Å²) >= 11 is 1.63. The molecule has 0 radical (unpaired) electrons. The molecule has 206 valence electrons. The molecular weight excluding hydrogens is 534 g/mol. The molecule has 3 N–H and O–H groups in total. The normalized spacial score (nSPS) is 12.6. The Morgan fingerprint density at radius 2 is 1.76 bits per heavy atom. The summed E-state index contributed by atoms with van der Waals surface area (Å²) in [5, 5.41) is 17.0. The van der Waals surface area contributed by atoms with Gasteiger partial charge in [-0.05, 0) is 59.4 Å². The molecule has 0 saturated heterocycles. The molecule has 2 aromatic heterocycles. The fourth-order valence-corrected chi connectivity index (χ4v) is 6.00. The largest absolute Gasteiger partial charge is 0.476 e. The molecule has 0 bridgehead atoms. The van der Waals surface area contributed by atoms with Gasteiger partial charge in [0.25, 0.3) is 0 Å². The van der Waals surface area contributed by atoms with Gasteiger partial charge >= 0.3 is 5.97 Å². The Hall–Kier alpha value is -4.76. The zero-order chi connectivity index (χ0) is 28.2. The van der Waals surface area contributed by atoms with Crippen molar-refractivity contribution in [3.63, 3.8) is 0 Å². The predicted molar refractivity (Wildman–Crippen MR) is 163 cm³/mol. The second-order valence-electron chi connectivity index (χ2n) is 9.97. The molecule has 0 atom stereocenters. The maximum Gasteiger partial charge on any atom is 0.356 e. The summed E-state index contributed by atoms with van der Waals surface area (Å²) in [5.74, 6) is -0.851. The summed E-state index contributed by atoms with van der Waals surface area (Å²) < 4.78 is 1.15. The quantitative estimate of drug-likeness (QED) is 0.198. The summed E-state index contributed by atoms with van der Waals surface area (Å²) in [5.41, 5.74) is 5.75. The number of pyridine rings is 1. The van der Waals surface area contributed by atoms with Crippen molar-refractivity contribution >= 4 is 50.1 Å². The van der Waals surface area contributed by atoms with Gasteiger partial charge < -0.3 is 20.6 Å². The highest BCUT2D eigenvalue weighted by Crippen LogP contribution is 2.30. The number of carbonyl (C=O) groups is 2. The number of nitrogens with zero attached hydrogens (tertiary/aromatic N) is 3. The first-order valence-corrected chi connectivity index (χ1v) is 14.4. The number of carbonyl (C=O) groups excluding carboxylic acids is 1. The van der Waals surface area contributed by atoms with Gasteiger partial charge in [-0.25, -0.2) is 14.8 Å². The van der Waals surface area contributed by atoms with Gasteiger partial charge in [0.15, 0.2) is 10.8 Å². The number of para-hydroxylation sites is 1. The smallest absolute Gasteiger partial charge is 0.356 e. The van der Waals surface area contributed by atoms with E-state index in [-0.39, 0.29) is 23.7 Å². The first kappa shape index (κ1) is 26.5. The highest BCUT2D eigenvalue weighted by Gasteiger charge is 2.23. The van der Waals surface area contributed by atoms with Gasteiger partial charge in [-0.15, -0.1) is 0 Å². The van der Waals surface area contributed by atoms with Crippen LogP contribution in [0.1, 0.15) is 39.2 Å². The van der Waals surface area contributed by atoms with Crippen LogP contribution in [-0.2, 0) is 30.7 Å². The fourth-order valence-electron chi connectivity index (χ4n) is 5.13. The van der Waals surface area contributed by atoms with Gasteiger partial charge in [0.1, 0.15) is 5.82 Å². The van der Waals surface area contributed by atoms with E-state index in [0.717, 1.165) is 33.9 Å². The third kappa shape index (κ3) is 6.05. The summed E-state index contributed by atoms with van der Waals surface area (Å²) in [4.78, 5) is 35.9. The summed E-state index contributed by atoms with van der Waals surface area (Å²) in [6, 6.07) is 27.6. The number of carboxylic acids is 1. The van der Waals surface area contributed by atoms with Crippen LogP contribution in [0, 0.1) is 0 Å². The van der Waals surface area contributed by atoms with Crippen LogP contribution in [0.15, 0.2) is 84.9 Å². The molecule has 41 heavy (non-hydrogen) atoms. The number of hydrogen-bond acceptors (Lipinski definition) is 7. The molecule has 0 saturated carbocycles. The molecule has 6 rings (SSSR count). The van der Waals surface area contributed by atoms with Crippen molar-refractivity contribution < 1.29 is 14.7 Å². The monoisotopic (exact) mass is 563 g/mol. The van der Waals surface area contributed by atoms with Crippen molar-refractivity contribution in [2.75, 3.05) is 22.1 Å². The molecule has 3 heterocycles. The number of fused-ring (bicyclic) bond motifs is 2. The molecule has 1 amide bonds. The number of carboxylic acid groups (broad SMARTS) is 1. The van der Waals surface area contributed by atoms with Crippen molar-refractivity contribution in [2.45, 2.75) is 32.4 Å². The number of aryl methyl sites for hydroxylation is 1. The minimum absolute atomic E-state index is 0.160. The highest BCUT2D eigenvalue weighted by atomic mass is 32.1. The topological polar surface area (TPSA) is 107 Å². The van der Waals surface area contributed by atoms with Crippen LogP contribution in [-0.4, -0.2) is 33.5 Å². The molecule has 0 aliphatic carbocycles. The lowest BCUT2D eigenvalue weighted by Crippen LogP contribution is -2.32. The number of aromatic nitrogens is 2. The van der Waals surface area contributed by atoms with E-state index in [4.69, 9.17) is 0 Å². The number of rotatable bonds is 9. The first-order chi connectivity index (χ1) is 20.0. The first-order valence-electron chi connectivity index (χ1n) is 13.6. The number of aromatic carboxylic acids is 1. The molecule has 5 aromatic rings. The number of hydrogen-bond donors (Lipinski definition) is 3. The molecule has 1 aliphatic heterocycles. The zero-order valence-corrected chi connectivity index (χ0v) is 23.2. The van der Waals surface area contributed by atoms with Crippen LogP contribution in [0.2, 0.25) is 0 Å². The van der Waals surface area contributed by atoms with Gasteiger partial charge in [-0.1, -0.05) is 72.0 Å². The SMILES string of the molecule is O=C(CCc1ccccc1)Nc1ccc(N2CCc3cccc(CNc4nc5ccccc5s4)c3C2)nc1C(=O)O. The predicted octanol–water partition coefficient (Wildman–Crippen LogP) is 6.14. The molecular formula is C32H29N5O3S. The molecule has 8 nitrogen and oxygen atoms in total. The Morgan fingerprint density at radius 3 is 2.59 bits per heavy atom. The fraction of sp³-hybridized carbons (Fsp3) is 0.188. The van der Waals surface area contributed by atoms with E-state index in [1.54, 1.807) is 23.5 Å². The lowest BCUT2D eigenvalue weighted by Gasteiger charge is -2.31. The lowest BCUT2D eigenvalue weighted by molar-refractivity contribution is -0.116. The molecule has 9 heteroatoms. The van der Waals surface area contributed by atoms with Crippen LogP contribution in [0.5, 0.6) is 0 Å². The minimum atomic E-state index is -1.18. The zero-order valence-electron chi connectivity index (χ0n) is 22.3. The van der Waals surface area contributed by atoms with E-state index in [0.29, 0.717) is 25.3 Å². The van der Waals surface area contributed by atoms with E-state index in [1.807, 2.05) is 48.5 Å². The van der Waals surface area contributed by atoms with E-state index in [1.165, 1.54) is 16.7 Å². The van der Waals surface area contributed by atoms with Crippen LogP contribution < -0.4 is 15.5 Å². The molecule has 0 unspecified atom stereocenters. The Bertz CT molecular complexity index is 1690. The Labute approximate surface area is 241 Å². The average molecular weight is 564 g/mol. The Morgan fingerprint density at radius 1 is 0.927 bits per heavy atom. The summed E-state index contributed by atoms with van der Waals surface area (Å²) in [6.45, 7) is 1.97. The van der Waals surface area contributed by atoms with Gasteiger partial charge in [0.05, 0.1) is 15.9 Å². The van der Waals surface area contributed by atoms with E-state index < -0.39 is 5.97 Å². The third-order valence-electron chi connectivity index (χ3n) is 7.26. The second kappa shape index (κ2) is 11.8. The minimum Gasteiger partial charge on any atom is -0.476 e. The molecule has 0 spiro atoms. The molecule has 0 fully saturated rings. The number of nitrogens with one attached hydrogen (secondary N) is 2. The third-order valence-corrected chi connectivity index (χ3v) is 8.25. The maximum atomic E-state index is 12.6. The van der Waals surface area contributed by atoms with E-state index >= 15 is 0 Å². The Balaban J connectivity index is 1.16. The molecule has 3 aromatic carbocycles. The van der Waals surface area contributed by atoms with E-state index in [9.17, 15) is 14.7 Å². The maximum absolute atomic E-state index is 12.6. The lowest BCUT2D eigenvalue weighted by atomic mass is 9.94. The number of benzene rings is 3. The Kier molecular flexibility index (Phi) is 7.60. The van der Waals surface area contributed by atoms with Gasteiger partial charge in [0.2, 0.25) is 5.91 Å². The van der Waals surface area contributed by atoms with Crippen molar-refractivity contribution in [3.8, 4) is 0 Å². The number of amides is 1.